The first-order chi connectivity index (χ1) is 16.8. The molecular weight excluding hydrogens is 446 g/mol. The molecule has 4 heterocycles. The number of imidazole rings is 1. The van der Waals surface area contributed by atoms with Gasteiger partial charge in [-0.25, -0.2) is 9.97 Å². The van der Waals surface area contributed by atoms with Crippen molar-refractivity contribution in [1.29, 1.82) is 0 Å². The van der Waals surface area contributed by atoms with E-state index in [0.29, 0.717) is 52.2 Å². The average Bonchev–Trinajstić information content (AvgIpc) is 3.21. The lowest BCUT2D eigenvalue weighted by atomic mass is 10.2. The number of ether oxygens (including phenoxy) is 1. The number of fused-ring (bicyclic) bond motifs is 1. The molecule has 0 saturated carbocycles. The quantitative estimate of drug-likeness (QED) is 0.376. The zero-order chi connectivity index (χ0) is 24.9. The summed E-state index contributed by atoms with van der Waals surface area (Å²) in [6.45, 7) is 10.3. The third kappa shape index (κ3) is 5.51. The number of rotatable bonds is 8. The van der Waals surface area contributed by atoms with Crippen LogP contribution in [0.4, 0.5) is 17.3 Å². The number of likely N-dealkylation sites (N-methyl/N-ethyl adjacent to an activating group) is 1. The number of carbonyl (C=O) groups is 1. The Morgan fingerprint density at radius 2 is 2.03 bits per heavy atom. The Morgan fingerprint density at radius 3 is 2.71 bits per heavy atom. The van der Waals surface area contributed by atoms with Crippen LogP contribution in [0.5, 0.6) is 11.6 Å². The lowest BCUT2D eigenvalue weighted by Crippen LogP contribution is -2.31. The van der Waals surface area contributed by atoms with E-state index in [1.54, 1.807) is 35.2 Å². The maximum Gasteiger partial charge on any atom is 0.269 e. The summed E-state index contributed by atoms with van der Waals surface area (Å²) in [7, 11) is 5.74. The van der Waals surface area contributed by atoms with Gasteiger partial charge in [-0.3, -0.25) is 4.79 Å². The number of aromatic nitrogens is 5. The molecule has 2 N–H and O–H groups in total. The number of hydrogen-bond acceptors (Lipinski definition) is 8. The second kappa shape index (κ2) is 10.1. The monoisotopic (exact) mass is 471 g/mol. The highest BCUT2D eigenvalue weighted by Crippen LogP contribution is 2.31. The molecule has 35 heavy (non-hydrogen) atoms. The van der Waals surface area contributed by atoms with E-state index in [1.165, 1.54) is 12.4 Å². The van der Waals surface area contributed by atoms with Gasteiger partial charge < -0.3 is 29.7 Å². The molecule has 0 spiro atoms. The summed E-state index contributed by atoms with van der Waals surface area (Å²) in [6.07, 6.45) is 4.70. The van der Waals surface area contributed by atoms with Gasteiger partial charge in [-0.05, 0) is 44.8 Å². The van der Waals surface area contributed by atoms with Gasteiger partial charge in [-0.2, -0.15) is 4.98 Å². The largest absolute Gasteiger partial charge is 0.435 e. The van der Waals surface area contributed by atoms with Crippen molar-refractivity contribution in [2.24, 2.45) is 7.05 Å². The highest BCUT2D eigenvalue weighted by molar-refractivity contribution is 5.94. The average molecular weight is 472 g/mol. The fourth-order valence-corrected chi connectivity index (χ4v) is 3.27. The normalized spacial score (nSPS) is 10.9. The number of carbonyl (C=O) groups excluding carboxylic acids is 1. The van der Waals surface area contributed by atoms with Crippen molar-refractivity contribution in [3.63, 3.8) is 0 Å². The topological polar surface area (TPSA) is 114 Å². The van der Waals surface area contributed by atoms with Crippen LogP contribution in [0.2, 0.25) is 0 Å². The van der Waals surface area contributed by atoms with Crippen LogP contribution in [0.3, 0.4) is 0 Å². The van der Waals surface area contributed by atoms with E-state index in [2.05, 4.69) is 35.4 Å². The molecule has 0 aliphatic heterocycles. The van der Waals surface area contributed by atoms with Gasteiger partial charge in [0.15, 0.2) is 17.6 Å². The van der Waals surface area contributed by atoms with Crippen LogP contribution >= 0.6 is 0 Å². The van der Waals surface area contributed by atoms with Crippen molar-refractivity contribution >= 4 is 34.4 Å². The first-order valence-electron chi connectivity index (χ1n) is 10.8. The summed E-state index contributed by atoms with van der Waals surface area (Å²) in [5.41, 5.74) is 3.15. The Morgan fingerprint density at radius 1 is 1.20 bits per heavy atom. The Kier molecular flexibility index (Phi) is 6.84. The van der Waals surface area contributed by atoms with Crippen molar-refractivity contribution in [1.82, 2.24) is 34.7 Å². The van der Waals surface area contributed by atoms with Crippen molar-refractivity contribution < 1.29 is 9.53 Å². The fraction of sp³-hybridized carbons (Fsp3) is 0.250. The summed E-state index contributed by atoms with van der Waals surface area (Å²) >= 11 is 0. The Bertz CT molecular complexity index is 1410. The Labute approximate surface area is 202 Å². The summed E-state index contributed by atoms with van der Waals surface area (Å²) in [5.74, 6) is 1.50. The molecule has 0 fully saturated rings. The fourth-order valence-electron chi connectivity index (χ4n) is 3.27. The van der Waals surface area contributed by atoms with Crippen molar-refractivity contribution in [2.45, 2.75) is 6.92 Å². The van der Waals surface area contributed by atoms with Crippen LogP contribution < -0.4 is 15.4 Å². The number of anilines is 2. The molecule has 0 atom stereocenters. The van der Waals surface area contributed by atoms with Gasteiger partial charge in [-0.15, -0.1) is 4.98 Å². The summed E-state index contributed by atoms with van der Waals surface area (Å²) in [6, 6.07) is 6.82. The molecule has 178 valence electrons. The minimum absolute atomic E-state index is 0.175. The van der Waals surface area contributed by atoms with Crippen molar-refractivity contribution in [2.75, 3.05) is 32.5 Å². The first kappa shape index (κ1) is 23.6. The number of aryl methyl sites for hydroxylation is 2. The van der Waals surface area contributed by atoms with Crippen LogP contribution in [0.15, 0.2) is 43.0 Å². The van der Waals surface area contributed by atoms with Gasteiger partial charge in [0.25, 0.3) is 11.7 Å². The SMILES string of the molecule is [C-]#[N+]c1cc(C)c(Oc2cc(Nc3ccc(C(=O)NCCN(C)C)cn3)c3ncn(C)c3n2)cn1. The second-order valence-electron chi connectivity index (χ2n) is 8.17. The van der Waals surface area contributed by atoms with Crippen molar-refractivity contribution in [3.8, 4) is 11.6 Å². The maximum absolute atomic E-state index is 12.3. The number of amides is 1. The lowest BCUT2D eigenvalue weighted by molar-refractivity contribution is 0.0950. The van der Waals surface area contributed by atoms with Crippen LogP contribution in [0.1, 0.15) is 15.9 Å². The summed E-state index contributed by atoms with van der Waals surface area (Å²) < 4.78 is 7.78. The van der Waals surface area contributed by atoms with Crippen molar-refractivity contribution in [3.05, 3.63) is 65.5 Å². The minimum atomic E-state index is -0.175. The molecule has 1 amide bonds. The molecule has 11 nitrogen and oxygen atoms in total. The van der Waals surface area contributed by atoms with Gasteiger partial charge in [0.1, 0.15) is 11.3 Å². The molecule has 0 radical (unpaired) electrons. The molecule has 0 aliphatic rings. The van der Waals surface area contributed by atoms with E-state index in [-0.39, 0.29) is 5.91 Å². The Hall–Kier alpha value is -4.56. The van der Waals surface area contributed by atoms with Gasteiger partial charge in [0, 0.05) is 32.4 Å². The predicted molar refractivity (Wildman–Crippen MR) is 132 cm³/mol. The van der Waals surface area contributed by atoms with E-state index >= 15 is 0 Å². The van der Waals surface area contributed by atoms with Gasteiger partial charge in [0.2, 0.25) is 5.88 Å². The molecule has 11 heteroatoms. The standard InChI is InChI=1S/C24H25N9O2/c1-15-10-20(25-2)28-13-18(15)35-21-11-17(22-23(31-21)33(5)14-29-22)30-19-7-6-16(12-27-19)24(34)26-8-9-32(3)4/h6-7,10-14H,8-9H2,1,3-5H3,(H,26,34)(H,27,30,31). The number of pyridine rings is 3. The Balaban J connectivity index is 1.56. The zero-order valence-electron chi connectivity index (χ0n) is 19.9. The summed E-state index contributed by atoms with van der Waals surface area (Å²) in [5, 5.41) is 6.11. The number of nitrogens with one attached hydrogen (secondary N) is 2. The molecule has 4 aromatic heterocycles. The molecule has 4 aromatic rings. The first-order valence-corrected chi connectivity index (χ1v) is 10.8. The van der Waals surface area contributed by atoms with Crippen LogP contribution in [0.25, 0.3) is 16.0 Å². The van der Waals surface area contributed by atoms with E-state index in [0.717, 1.165) is 12.1 Å². The maximum atomic E-state index is 12.3. The zero-order valence-corrected chi connectivity index (χ0v) is 19.9. The molecule has 0 aliphatic carbocycles. The molecule has 0 saturated heterocycles. The van der Waals surface area contributed by atoms with E-state index in [9.17, 15) is 4.79 Å². The second-order valence-corrected chi connectivity index (χ2v) is 8.17. The lowest BCUT2D eigenvalue weighted by Gasteiger charge is -2.12. The van der Waals surface area contributed by atoms with Gasteiger partial charge in [-0.1, -0.05) is 6.57 Å². The summed E-state index contributed by atoms with van der Waals surface area (Å²) in [4.78, 5) is 35.1. The highest BCUT2D eigenvalue weighted by atomic mass is 16.5. The predicted octanol–water partition coefficient (Wildman–Crippen LogP) is 3.44. The smallest absolute Gasteiger partial charge is 0.269 e. The van der Waals surface area contributed by atoms with E-state index in [1.807, 2.05) is 33.0 Å². The van der Waals surface area contributed by atoms with E-state index in [4.69, 9.17) is 11.3 Å². The van der Waals surface area contributed by atoms with Crippen LogP contribution in [0, 0.1) is 13.5 Å². The highest BCUT2D eigenvalue weighted by Gasteiger charge is 2.15. The number of hydrogen-bond donors (Lipinski definition) is 2. The van der Waals surface area contributed by atoms with Gasteiger partial charge >= 0.3 is 0 Å². The third-order valence-electron chi connectivity index (χ3n) is 5.16. The molecule has 0 bridgehead atoms. The minimum Gasteiger partial charge on any atom is -0.435 e. The molecule has 0 aromatic carbocycles. The van der Waals surface area contributed by atoms with Crippen LogP contribution in [-0.2, 0) is 7.05 Å². The number of nitrogens with zero attached hydrogens (tertiary/aromatic N) is 7. The molecule has 4 rings (SSSR count). The van der Waals surface area contributed by atoms with Crippen LogP contribution in [-0.4, -0.2) is 62.5 Å². The molecular formula is C24H25N9O2. The molecule has 0 unspecified atom stereocenters. The van der Waals surface area contributed by atoms with E-state index < -0.39 is 0 Å². The van der Waals surface area contributed by atoms with Gasteiger partial charge in [0.05, 0.1) is 17.6 Å². The third-order valence-corrected chi connectivity index (χ3v) is 5.16.